The maximum Gasteiger partial charge on any atom is 0.252 e. The molecule has 1 aromatic heterocycles. The molecule has 110 valence electrons. The zero-order chi connectivity index (χ0) is 14.7. The summed E-state index contributed by atoms with van der Waals surface area (Å²) in [6.45, 7) is 0.708. The number of H-pyrrole nitrogens is 1. The lowest BCUT2D eigenvalue weighted by molar-refractivity contribution is 0.0945. The van der Waals surface area contributed by atoms with Crippen molar-refractivity contribution in [1.29, 1.82) is 0 Å². The molecule has 1 aliphatic carbocycles. The number of hydrogen-bond acceptors (Lipinski definition) is 2. The van der Waals surface area contributed by atoms with Crippen molar-refractivity contribution in [3.63, 3.8) is 0 Å². The van der Waals surface area contributed by atoms with Gasteiger partial charge in [-0.1, -0.05) is 37.5 Å². The van der Waals surface area contributed by atoms with Crippen LogP contribution in [0.1, 0.15) is 42.5 Å². The van der Waals surface area contributed by atoms with E-state index in [0.29, 0.717) is 23.5 Å². The molecule has 1 saturated carbocycles. The zero-order valence-corrected chi connectivity index (χ0v) is 12.0. The Balaban J connectivity index is 1.79. The number of carbonyl (C=O) groups is 1. The highest BCUT2D eigenvalue weighted by molar-refractivity contribution is 6.05. The van der Waals surface area contributed by atoms with Gasteiger partial charge in [0.15, 0.2) is 0 Å². The van der Waals surface area contributed by atoms with Gasteiger partial charge in [-0.3, -0.25) is 9.59 Å². The summed E-state index contributed by atoms with van der Waals surface area (Å²) in [6.07, 6.45) is 6.21. The molecule has 2 aromatic rings. The molecular formula is C17H20N2O2. The third-order valence-corrected chi connectivity index (χ3v) is 4.27. The van der Waals surface area contributed by atoms with Crippen LogP contribution in [0.2, 0.25) is 0 Å². The molecule has 21 heavy (non-hydrogen) atoms. The van der Waals surface area contributed by atoms with Gasteiger partial charge in [-0.15, -0.1) is 0 Å². The zero-order valence-electron chi connectivity index (χ0n) is 12.0. The number of rotatable bonds is 3. The normalized spacial score (nSPS) is 16.0. The summed E-state index contributed by atoms with van der Waals surface area (Å²) in [4.78, 5) is 26.8. The molecule has 0 saturated heterocycles. The molecule has 0 unspecified atom stereocenters. The first kappa shape index (κ1) is 13.9. The van der Waals surface area contributed by atoms with Crippen LogP contribution in [0.25, 0.3) is 10.9 Å². The van der Waals surface area contributed by atoms with E-state index in [-0.39, 0.29) is 11.5 Å². The van der Waals surface area contributed by atoms with Gasteiger partial charge in [0, 0.05) is 23.5 Å². The summed E-state index contributed by atoms with van der Waals surface area (Å²) in [6, 6.07) is 8.79. The predicted octanol–water partition coefficient (Wildman–Crippen LogP) is 2.84. The van der Waals surface area contributed by atoms with E-state index in [4.69, 9.17) is 0 Å². The van der Waals surface area contributed by atoms with Crippen molar-refractivity contribution in [2.45, 2.75) is 32.1 Å². The molecule has 4 heteroatoms. The van der Waals surface area contributed by atoms with Crippen molar-refractivity contribution in [3.8, 4) is 0 Å². The Kier molecular flexibility index (Phi) is 4.04. The van der Waals surface area contributed by atoms with Gasteiger partial charge < -0.3 is 10.3 Å². The highest BCUT2D eigenvalue weighted by Gasteiger charge is 2.16. The number of carbonyl (C=O) groups excluding carboxylic acids is 1. The average Bonchev–Trinajstić information content (AvgIpc) is 2.52. The van der Waals surface area contributed by atoms with Crippen LogP contribution in [0.15, 0.2) is 35.1 Å². The van der Waals surface area contributed by atoms with Gasteiger partial charge in [0.2, 0.25) is 5.56 Å². The number of fused-ring (bicyclic) bond motifs is 1. The van der Waals surface area contributed by atoms with E-state index in [1.807, 2.05) is 24.3 Å². The van der Waals surface area contributed by atoms with E-state index >= 15 is 0 Å². The molecule has 0 atom stereocenters. The van der Waals surface area contributed by atoms with Crippen LogP contribution in [0, 0.1) is 5.92 Å². The lowest BCUT2D eigenvalue weighted by Gasteiger charge is -2.21. The molecule has 1 amide bonds. The van der Waals surface area contributed by atoms with Crippen LogP contribution in [0.4, 0.5) is 0 Å². The highest BCUT2D eigenvalue weighted by atomic mass is 16.2. The Morgan fingerprint density at radius 3 is 2.76 bits per heavy atom. The van der Waals surface area contributed by atoms with Crippen LogP contribution in [-0.4, -0.2) is 17.4 Å². The van der Waals surface area contributed by atoms with E-state index in [1.54, 1.807) is 0 Å². The average molecular weight is 284 g/mol. The summed E-state index contributed by atoms with van der Waals surface area (Å²) < 4.78 is 0. The third-order valence-electron chi connectivity index (χ3n) is 4.27. The Hall–Kier alpha value is -2.10. The third kappa shape index (κ3) is 3.15. The Morgan fingerprint density at radius 2 is 1.95 bits per heavy atom. The van der Waals surface area contributed by atoms with E-state index < -0.39 is 0 Å². The van der Waals surface area contributed by atoms with E-state index in [9.17, 15) is 9.59 Å². The molecule has 0 radical (unpaired) electrons. The molecule has 3 rings (SSSR count). The topological polar surface area (TPSA) is 62.0 Å². The van der Waals surface area contributed by atoms with Crippen molar-refractivity contribution in [2.24, 2.45) is 5.92 Å². The summed E-state index contributed by atoms with van der Waals surface area (Å²) in [7, 11) is 0. The maximum absolute atomic E-state index is 12.4. The van der Waals surface area contributed by atoms with Crippen molar-refractivity contribution in [3.05, 3.63) is 46.2 Å². The smallest absolute Gasteiger partial charge is 0.252 e. The van der Waals surface area contributed by atoms with E-state index in [2.05, 4.69) is 10.3 Å². The molecule has 2 N–H and O–H groups in total. The summed E-state index contributed by atoms with van der Waals surface area (Å²) in [5, 5.41) is 3.79. The van der Waals surface area contributed by atoms with Crippen LogP contribution in [-0.2, 0) is 0 Å². The Labute approximate surface area is 123 Å². The maximum atomic E-state index is 12.4. The minimum Gasteiger partial charge on any atom is -0.352 e. The molecule has 1 aromatic carbocycles. The number of pyridine rings is 1. The van der Waals surface area contributed by atoms with Crippen LogP contribution < -0.4 is 10.9 Å². The number of aromatic nitrogens is 1. The molecule has 1 heterocycles. The van der Waals surface area contributed by atoms with Gasteiger partial charge in [-0.25, -0.2) is 0 Å². The molecule has 1 fully saturated rings. The summed E-state index contributed by atoms with van der Waals surface area (Å²) in [5.74, 6) is 0.429. The van der Waals surface area contributed by atoms with Gasteiger partial charge >= 0.3 is 0 Å². The molecular weight excluding hydrogens is 264 g/mol. The van der Waals surface area contributed by atoms with Crippen LogP contribution >= 0.6 is 0 Å². The molecule has 4 nitrogen and oxygen atoms in total. The minimum atomic E-state index is -0.239. The first-order valence-electron chi connectivity index (χ1n) is 7.64. The first-order valence-corrected chi connectivity index (χ1v) is 7.64. The number of aromatic amines is 1. The number of hydrogen-bond donors (Lipinski definition) is 2. The molecule has 0 spiro atoms. The van der Waals surface area contributed by atoms with Crippen molar-refractivity contribution in [2.75, 3.05) is 6.54 Å². The molecule has 0 aliphatic heterocycles. The lowest BCUT2D eigenvalue weighted by atomic mass is 9.89. The number of benzene rings is 1. The monoisotopic (exact) mass is 284 g/mol. The van der Waals surface area contributed by atoms with E-state index in [0.717, 1.165) is 5.39 Å². The highest BCUT2D eigenvalue weighted by Crippen LogP contribution is 2.23. The number of para-hydroxylation sites is 1. The quantitative estimate of drug-likeness (QED) is 0.910. The Morgan fingerprint density at radius 1 is 1.19 bits per heavy atom. The molecule has 1 aliphatic rings. The van der Waals surface area contributed by atoms with Crippen molar-refractivity contribution >= 4 is 16.8 Å². The minimum absolute atomic E-state index is 0.150. The largest absolute Gasteiger partial charge is 0.352 e. The fraction of sp³-hybridized carbons (Fsp3) is 0.412. The molecule has 0 bridgehead atoms. The SMILES string of the molecule is O=C(NCC1CCCCC1)c1cc(=O)[nH]c2ccccc12. The fourth-order valence-electron chi connectivity index (χ4n) is 3.12. The van der Waals surface area contributed by atoms with Crippen molar-refractivity contribution in [1.82, 2.24) is 10.3 Å². The second kappa shape index (κ2) is 6.12. The Bertz CT molecular complexity index is 699. The van der Waals surface area contributed by atoms with Gasteiger partial charge in [0.25, 0.3) is 5.91 Å². The summed E-state index contributed by atoms with van der Waals surface area (Å²) in [5.41, 5.74) is 0.925. The van der Waals surface area contributed by atoms with E-state index in [1.165, 1.54) is 38.2 Å². The fourth-order valence-corrected chi connectivity index (χ4v) is 3.12. The second-order valence-electron chi connectivity index (χ2n) is 5.81. The van der Waals surface area contributed by atoms with Crippen molar-refractivity contribution < 1.29 is 4.79 Å². The van der Waals surface area contributed by atoms with Gasteiger partial charge in [-0.05, 0) is 24.8 Å². The second-order valence-corrected chi connectivity index (χ2v) is 5.81. The first-order chi connectivity index (χ1) is 10.2. The van der Waals surface area contributed by atoms with Gasteiger partial charge in [-0.2, -0.15) is 0 Å². The predicted molar refractivity (Wildman–Crippen MR) is 83.5 cm³/mol. The standard InChI is InChI=1S/C17H20N2O2/c20-16-10-14(13-8-4-5-9-15(13)19-16)17(21)18-11-12-6-2-1-3-7-12/h4-5,8-10,12H,1-3,6-7,11H2,(H,18,21)(H,19,20). The van der Waals surface area contributed by atoms with Crippen LogP contribution in [0.3, 0.4) is 0 Å². The summed E-state index contributed by atoms with van der Waals surface area (Å²) >= 11 is 0. The van der Waals surface area contributed by atoms with Crippen LogP contribution in [0.5, 0.6) is 0 Å². The van der Waals surface area contributed by atoms with Gasteiger partial charge in [0.05, 0.1) is 5.56 Å². The number of nitrogens with one attached hydrogen (secondary N) is 2. The lowest BCUT2D eigenvalue weighted by Crippen LogP contribution is -2.31. The number of amides is 1. The van der Waals surface area contributed by atoms with Gasteiger partial charge in [0.1, 0.15) is 0 Å².